The molecule has 8 heteroatoms. The highest BCUT2D eigenvalue weighted by molar-refractivity contribution is 7.99. The van der Waals surface area contributed by atoms with Crippen LogP contribution >= 0.6 is 11.8 Å². The number of aromatic nitrogens is 3. The van der Waals surface area contributed by atoms with E-state index in [1.54, 1.807) is 18.9 Å². The van der Waals surface area contributed by atoms with Gasteiger partial charge in [0.05, 0.1) is 20.1 Å². The van der Waals surface area contributed by atoms with E-state index < -0.39 is 0 Å². The van der Waals surface area contributed by atoms with Crippen LogP contribution in [0.1, 0.15) is 25.2 Å². The third-order valence-electron chi connectivity index (χ3n) is 4.74. The number of carbonyl (C=O) groups is 1. The molecule has 1 heterocycles. The number of aryl methyl sites for hydroxylation is 1. The summed E-state index contributed by atoms with van der Waals surface area (Å²) in [6.45, 7) is 5.33. The standard InChI is InChI=1S/C23H28N4O3S/c1-4-17-8-6-7-9-20(17)24-22(28)16-21-25-26-23(27(21)5-2)31-15-14-30-19-12-10-18(29-3)11-13-19/h6-13H,4-5,14-16H2,1-3H3,(H,24,28). The van der Waals surface area contributed by atoms with Gasteiger partial charge in [0, 0.05) is 18.0 Å². The summed E-state index contributed by atoms with van der Waals surface area (Å²) in [5, 5.41) is 12.3. The number of anilines is 1. The number of carbonyl (C=O) groups excluding carboxylic acids is 1. The Morgan fingerprint density at radius 2 is 1.81 bits per heavy atom. The minimum Gasteiger partial charge on any atom is -0.497 e. The van der Waals surface area contributed by atoms with Crippen LogP contribution in [-0.4, -0.2) is 40.1 Å². The molecule has 0 bridgehead atoms. The Morgan fingerprint density at radius 3 is 2.52 bits per heavy atom. The number of amides is 1. The van der Waals surface area contributed by atoms with Crippen LogP contribution in [0.2, 0.25) is 0 Å². The minimum atomic E-state index is -0.0950. The highest BCUT2D eigenvalue weighted by Gasteiger charge is 2.15. The first-order valence-electron chi connectivity index (χ1n) is 10.3. The molecule has 2 aromatic carbocycles. The molecule has 7 nitrogen and oxygen atoms in total. The third-order valence-corrected chi connectivity index (χ3v) is 5.67. The lowest BCUT2D eigenvalue weighted by Gasteiger charge is -2.11. The second-order valence-electron chi connectivity index (χ2n) is 6.75. The number of ether oxygens (including phenoxy) is 2. The molecule has 1 aromatic heterocycles. The van der Waals surface area contributed by atoms with Crippen LogP contribution in [0.4, 0.5) is 5.69 Å². The lowest BCUT2D eigenvalue weighted by Crippen LogP contribution is -2.18. The van der Waals surface area contributed by atoms with E-state index >= 15 is 0 Å². The summed E-state index contributed by atoms with van der Waals surface area (Å²) in [6.07, 6.45) is 1.04. The van der Waals surface area contributed by atoms with Crippen LogP contribution in [0.15, 0.2) is 53.7 Å². The van der Waals surface area contributed by atoms with Gasteiger partial charge in [0.25, 0.3) is 0 Å². The first-order chi connectivity index (χ1) is 15.1. The van der Waals surface area contributed by atoms with E-state index in [0.29, 0.717) is 19.0 Å². The van der Waals surface area contributed by atoms with Gasteiger partial charge in [-0.2, -0.15) is 0 Å². The van der Waals surface area contributed by atoms with Crippen molar-refractivity contribution in [2.45, 2.75) is 38.4 Å². The first-order valence-corrected chi connectivity index (χ1v) is 11.3. The van der Waals surface area contributed by atoms with Crippen molar-refractivity contribution in [3.63, 3.8) is 0 Å². The molecule has 0 aliphatic carbocycles. The normalized spacial score (nSPS) is 10.7. The van der Waals surface area contributed by atoms with E-state index in [1.165, 1.54) is 0 Å². The Morgan fingerprint density at radius 1 is 1.06 bits per heavy atom. The molecule has 0 radical (unpaired) electrons. The SMILES string of the molecule is CCc1ccccc1NC(=O)Cc1nnc(SCCOc2ccc(OC)cc2)n1CC. The summed E-state index contributed by atoms with van der Waals surface area (Å²) in [5.74, 6) is 2.88. The summed E-state index contributed by atoms with van der Waals surface area (Å²) in [5.41, 5.74) is 1.96. The highest BCUT2D eigenvalue weighted by Crippen LogP contribution is 2.20. The van der Waals surface area contributed by atoms with Crippen molar-refractivity contribution in [3.05, 3.63) is 59.9 Å². The summed E-state index contributed by atoms with van der Waals surface area (Å²) < 4.78 is 12.9. The molecule has 0 saturated carbocycles. The smallest absolute Gasteiger partial charge is 0.232 e. The average molecular weight is 441 g/mol. The highest BCUT2D eigenvalue weighted by atomic mass is 32.2. The number of rotatable bonds is 11. The lowest BCUT2D eigenvalue weighted by molar-refractivity contribution is -0.115. The number of thioether (sulfide) groups is 1. The van der Waals surface area contributed by atoms with E-state index in [-0.39, 0.29) is 12.3 Å². The van der Waals surface area contributed by atoms with Crippen LogP contribution in [-0.2, 0) is 24.2 Å². The topological polar surface area (TPSA) is 78.3 Å². The maximum absolute atomic E-state index is 12.6. The zero-order chi connectivity index (χ0) is 22.1. The average Bonchev–Trinajstić information content (AvgIpc) is 3.18. The lowest BCUT2D eigenvalue weighted by atomic mass is 10.1. The number of methoxy groups -OCH3 is 1. The molecule has 0 fully saturated rings. The predicted molar refractivity (Wildman–Crippen MR) is 123 cm³/mol. The fourth-order valence-electron chi connectivity index (χ4n) is 3.13. The third kappa shape index (κ3) is 6.24. The van der Waals surface area contributed by atoms with Gasteiger partial charge in [-0.25, -0.2) is 0 Å². The number of nitrogens with zero attached hydrogens (tertiary/aromatic N) is 3. The van der Waals surface area contributed by atoms with Gasteiger partial charge in [0.15, 0.2) is 5.16 Å². The Hall–Kier alpha value is -3.00. The molecule has 0 atom stereocenters. The molecule has 1 N–H and O–H groups in total. The molecule has 0 unspecified atom stereocenters. The maximum atomic E-state index is 12.6. The van der Waals surface area contributed by atoms with Crippen molar-refractivity contribution < 1.29 is 14.3 Å². The van der Waals surface area contributed by atoms with Crippen LogP contribution < -0.4 is 14.8 Å². The van der Waals surface area contributed by atoms with Gasteiger partial charge in [0.1, 0.15) is 17.3 Å². The molecule has 0 spiro atoms. The van der Waals surface area contributed by atoms with Gasteiger partial charge in [-0.15, -0.1) is 10.2 Å². The number of para-hydroxylation sites is 1. The maximum Gasteiger partial charge on any atom is 0.232 e. The van der Waals surface area contributed by atoms with Crippen LogP contribution in [0.25, 0.3) is 0 Å². The predicted octanol–water partition coefficient (Wildman–Crippen LogP) is 4.22. The Kier molecular flexibility index (Phi) is 8.35. The second kappa shape index (κ2) is 11.4. The fraction of sp³-hybridized carbons (Fsp3) is 0.348. The van der Waals surface area contributed by atoms with Crippen molar-refractivity contribution >= 4 is 23.4 Å². The number of benzene rings is 2. The second-order valence-corrected chi connectivity index (χ2v) is 7.81. The molecule has 0 saturated heterocycles. The molecule has 3 rings (SSSR count). The number of hydrogen-bond acceptors (Lipinski definition) is 6. The van der Waals surface area contributed by atoms with Crippen LogP contribution in [0, 0.1) is 0 Å². The molecule has 31 heavy (non-hydrogen) atoms. The largest absolute Gasteiger partial charge is 0.497 e. The molecule has 0 aliphatic heterocycles. The van der Waals surface area contributed by atoms with Crippen LogP contribution in [0.5, 0.6) is 11.5 Å². The molecule has 164 valence electrons. The monoisotopic (exact) mass is 440 g/mol. The zero-order valence-electron chi connectivity index (χ0n) is 18.1. The Balaban J connectivity index is 1.52. The van der Waals surface area contributed by atoms with Gasteiger partial charge >= 0.3 is 0 Å². The number of hydrogen-bond donors (Lipinski definition) is 1. The Bertz CT molecular complexity index is 989. The van der Waals surface area contributed by atoms with Crippen molar-refractivity contribution in [2.24, 2.45) is 0 Å². The number of nitrogens with one attached hydrogen (secondary N) is 1. The van der Waals surface area contributed by atoms with Gasteiger partial charge in [0.2, 0.25) is 5.91 Å². The summed E-state index contributed by atoms with van der Waals surface area (Å²) in [4.78, 5) is 12.6. The molecule has 1 amide bonds. The van der Waals surface area contributed by atoms with Gasteiger partial charge in [-0.3, -0.25) is 4.79 Å². The summed E-state index contributed by atoms with van der Waals surface area (Å²) >= 11 is 1.56. The zero-order valence-corrected chi connectivity index (χ0v) is 18.9. The molecular weight excluding hydrogens is 412 g/mol. The summed E-state index contributed by atoms with van der Waals surface area (Å²) in [6, 6.07) is 15.3. The quantitative estimate of drug-likeness (QED) is 0.355. The van der Waals surface area contributed by atoms with E-state index in [1.807, 2.05) is 60.0 Å². The van der Waals surface area contributed by atoms with Gasteiger partial charge in [-0.1, -0.05) is 36.9 Å². The van der Waals surface area contributed by atoms with E-state index in [0.717, 1.165) is 40.1 Å². The van der Waals surface area contributed by atoms with Gasteiger partial charge < -0.3 is 19.4 Å². The Labute approximate surface area is 187 Å². The molecular formula is C23H28N4O3S. The van der Waals surface area contributed by atoms with E-state index in [9.17, 15) is 4.79 Å². The van der Waals surface area contributed by atoms with Crippen molar-refractivity contribution in [2.75, 3.05) is 24.8 Å². The molecule has 0 aliphatic rings. The van der Waals surface area contributed by atoms with E-state index in [4.69, 9.17) is 9.47 Å². The van der Waals surface area contributed by atoms with E-state index in [2.05, 4.69) is 22.4 Å². The van der Waals surface area contributed by atoms with Crippen molar-refractivity contribution in [3.8, 4) is 11.5 Å². The summed E-state index contributed by atoms with van der Waals surface area (Å²) in [7, 11) is 1.64. The van der Waals surface area contributed by atoms with Crippen molar-refractivity contribution in [1.29, 1.82) is 0 Å². The van der Waals surface area contributed by atoms with Crippen molar-refractivity contribution in [1.82, 2.24) is 14.8 Å². The minimum absolute atomic E-state index is 0.0950. The van der Waals surface area contributed by atoms with Gasteiger partial charge in [-0.05, 0) is 49.2 Å². The molecule has 3 aromatic rings. The first kappa shape index (κ1) is 22.7. The van der Waals surface area contributed by atoms with Crippen LogP contribution in [0.3, 0.4) is 0 Å². The fourth-order valence-corrected chi connectivity index (χ4v) is 3.97.